The maximum atomic E-state index is 13.7. The second-order valence-corrected chi connectivity index (χ2v) is 8.78. The van der Waals surface area contributed by atoms with Gasteiger partial charge in [0.1, 0.15) is 17.8 Å². The number of carbonyl (C=O) groups excluding carboxylic acids is 2. The number of imide groups is 1. The summed E-state index contributed by atoms with van der Waals surface area (Å²) in [4.78, 5) is 48.6. The Morgan fingerprint density at radius 2 is 1.79 bits per heavy atom. The summed E-state index contributed by atoms with van der Waals surface area (Å²) in [6.07, 6.45) is 1.62. The lowest BCUT2D eigenvalue weighted by molar-refractivity contribution is 0.0699. The maximum Gasteiger partial charge on any atom is 0.421 e. The molecule has 5 aromatic rings. The maximum absolute atomic E-state index is 13.7. The van der Waals surface area contributed by atoms with Crippen LogP contribution in [0, 0.1) is 0 Å². The van der Waals surface area contributed by atoms with Crippen molar-refractivity contribution < 1.29 is 33.4 Å². The molecule has 3 aromatic heterocycles. The molecule has 3 heterocycles. The predicted molar refractivity (Wildman–Crippen MR) is 139 cm³/mol. The van der Waals surface area contributed by atoms with Crippen molar-refractivity contribution in [3.05, 3.63) is 95.3 Å². The number of para-hydroxylation sites is 1. The Morgan fingerprint density at radius 3 is 2.47 bits per heavy atom. The van der Waals surface area contributed by atoms with E-state index in [1.165, 1.54) is 30.9 Å². The van der Waals surface area contributed by atoms with Crippen LogP contribution >= 0.6 is 11.3 Å². The molecule has 190 valence electrons. The Labute approximate surface area is 219 Å². The molecule has 0 bridgehead atoms. The number of benzene rings is 2. The lowest BCUT2D eigenvalue weighted by atomic mass is 10.1. The molecule has 0 fully saturated rings. The van der Waals surface area contributed by atoms with Gasteiger partial charge in [-0.3, -0.25) is 4.79 Å². The molecule has 11 heteroatoms. The highest BCUT2D eigenvalue weighted by Gasteiger charge is 2.35. The second-order valence-electron chi connectivity index (χ2n) is 7.90. The summed E-state index contributed by atoms with van der Waals surface area (Å²) < 4.78 is 16.1. The number of aromatic carboxylic acids is 1. The van der Waals surface area contributed by atoms with Crippen LogP contribution in [0.25, 0.3) is 21.5 Å². The second kappa shape index (κ2) is 10.5. The third-order valence-corrected chi connectivity index (χ3v) is 6.51. The highest BCUT2D eigenvalue weighted by Crippen LogP contribution is 2.38. The number of thiophene rings is 1. The highest BCUT2D eigenvalue weighted by molar-refractivity contribution is 7.14. The molecule has 0 unspecified atom stereocenters. The van der Waals surface area contributed by atoms with Gasteiger partial charge in [0.15, 0.2) is 5.76 Å². The van der Waals surface area contributed by atoms with Crippen LogP contribution in [-0.4, -0.2) is 40.2 Å². The van der Waals surface area contributed by atoms with Crippen molar-refractivity contribution in [2.75, 3.05) is 12.0 Å². The number of ether oxygens (including phenoxy) is 2. The molecule has 1 N–H and O–H groups in total. The number of carboxylic acids is 1. The predicted octanol–water partition coefficient (Wildman–Crippen LogP) is 5.64. The van der Waals surface area contributed by atoms with E-state index in [1.54, 1.807) is 48.5 Å². The highest BCUT2D eigenvalue weighted by atomic mass is 32.1. The molecule has 0 atom stereocenters. The van der Waals surface area contributed by atoms with Crippen LogP contribution in [0.1, 0.15) is 26.5 Å². The fraction of sp³-hybridized carbons (Fsp3) is 0.0741. The first-order valence-electron chi connectivity index (χ1n) is 11.2. The number of aromatic nitrogens is 2. The Bertz CT molecular complexity index is 1590. The summed E-state index contributed by atoms with van der Waals surface area (Å²) >= 11 is 0.992. The van der Waals surface area contributed by atoms with Crippen molar-refractivity contribution in [2.45, 2.75) is 6.61 Å². The van der Waals surface area contributed by atoms with E-state index in [2.05, 4.69) is 9.97 Å². The molecule has 0 saturated heterocycles. The van der Waals surface area contributed by atoms with E-state index < -0.39 is 18.0 Å². The van der Waals surface area contributed by atoms with E-state index in [1.807, 2.05) is 6.07 Å². The zero-order valence-corrected chi connectivity index (χ0v) is 20.7. The van der Waals surface area contributed by atoms with Crippen LogP contribution in [0.3, 0.4) is 0 Å². The number of rotatable bonds is 7. The van der Waals surface area contributed by atoms with Crippen LogP contribution in [0.2, 0.25) is 0 Å². The number of hydrogen-bond donors (Lipinski definition) is 1. The van der Waals surface area contributed by atoms with Crippen LogP contribution < -0.4 is 9.64 Å². The van der Waals surface area contributed by atoms with Crippen molar-refractivity contribution in [1.82, 2.24) is 9.97 Å². The largest absolute Gasteiger partial charge is 0.480 e. The Balaban J connectivity index is 1.58. The summed E-state index contributed by atoms with van der Waals surface area (Å²) in [7, 11) is 1.43. The first kappa shape index (κ1) is 24.7. The van der Waals surface area contributed by atoms with E-state index in [0.717, 1.165) is 11.3 Å². The number of carbonyl (C=O) groups is 3. The van der Waals surface area contributed by atoms with Crippen molar-refractivity contribution in [3.8, 4) is 16.5 Å². The molecular weight excluding hydrogens is 510 g/mol. The van der Waals surface area contributed by atoms with E-state index in [4.69, 9.17) is 13.9 Å². The molecule has 5 rings (SSSR count). The quantitative estimate of drug-likeness (QED) is 0.284. The zero-order chi connectivity index (χ0) is 26.6. The molecule has 0 aliphatic heterocycles. The molecule has 0 aliphatic rings. The summed E-state index contributed by atoms with van der Waals surface area (Å²) in [6.45, 7) is -0.132. The Kier molecular flexibility index (Phi) is 6.83. The van der Waals surface area contributed by atoms with Crippen molar-refractivity contribution in [3.63, 3.8) is 0 Å². The Morgan fingerprint density at radius 1 is 1.03 bits per heavy atom. The third kappa shape index (κ3) is 4.82. The van der Waals surface area contributed by atoms with Gasteiger partial charge in [-0.05, 0) is 17.7 Å². The van der Waals surface area contributed by atoms with Gasteiger partial charge in [0, 0.05) is 10.8 Å². The molecule has 2 amide bonds. The normalized spacial score (nSPS) is 10.8. The van der Waals surface area contributed by atoms with Crippen molar-refractivity contribution in [1.29, 1.82) is 0 Å². The fourth-order valence-electron chi connectivity index (χ4n) is 3.72. The van der Waals surface area contributed by atoms with Gasteiger partial charge in [0.05, 0.1) is 35.8 Å². The number of anilines is 1. The van der Waals surface area contributed by atoms with Crippen LogP contribution in [0.4, 0.5) is 10.5 Å². The van der Waals surface area contributed by atoms with E-state index in [0.29, 0.717) is 21.4 Å². The molecular formula is C27H19N3O7S. The first-order valence-corrected chi connectivity index (χ1v) is 12.1. The SMILES string of the molecule is COc1cnc(-c2scc(N(C(=O)OCc3ccccc3)C(=O)c3cc4ccccc4o3)c2C(=O)O)cn1. The number of methoxy groups -OCH3 is 1. The van der Waals surface area contributed by atoms with Crippen molar-refractivity contribution >= 4 is 46.0 Å². The molecule has 0 spiro atoms. The van der Waals surface area contributed by atoms with Crippen molar-refractivity contribution in [2.24, 2.45) is 0 Å². The third-order valence-electron chi connectivity index (χ3n) is 5.52. The smallest absolute Gasteiger partial charge is 0.421 e. The van der Waals surface area contributed by atoms with Gasteiger partial charge in [-0.1, -0.05) is 48.5 Å². The minimum absolute atomic E-state index is 0.132. The van der Waals surface area contributed by atoms with E-state index >= 15 is 0 Å². The average molecular weight is 530 g/mol. The summed E-state index contributed by atoms with van der Waals surface area (Å²) in [5.74, 6) is -2.16. The number of hydrogen-bond acceptors (Lipinski definition) is 9. The average Bonchev–Trinajstić information content (AvgIpc) is 3.58. The van der Waals surface area contributed by atoms with E-state index in [-0.39, 0.29) is 40.1 Å². The summed E-state index contributed by atoms with van der Waals surface area (Å²) in [5, 5.41) is 12.2. The number of amides is 2. The summed E-state index contributed by atoms with van der Waals surface area (Å²) in [5.41, 5.74) is 0.865. The Hall–Kier alpha value is -5.03. The van der Waals surface area contributed by atoms with E-state index in [9.17, 15) is 19.5 Å². The zero-order valence-electron chi connectivity index (χ0n) is 19.9. The van der Waals surface area contributed by atoms with Gasteiger partial charge < -0.3 is 19.0 Å². The van der Waals surface area contributed by atoms with Gasteiger partial charge in [-0.25, -0.2) is 24.5 Å². The lowest BCUT2D eigenvalue weighted by Crippen LogP contribution is -2.38. The minimum Gasteiger partial charge on any atom is -0.480 e. The summed E-state index contributed by atoms with van der Waals surface area (Å²) in [6, 6.07) is 17.3. The number of fused-ring (bicyclic) bond motifs is 1. The monoisotopic (exact) mass is 529 g/mol. The molecule has 38 heavy (non-hydrogen) atoms. The van der Waals surface area contributed by atoms with Gasteiger partial charge in [0.25, 0.3) is 0 Å². The number of nitrogens with zero attached hydrogens (tertiary/aromatic N) is 3. The fourth-order valence-corrected chi connectivity index (χ4v) is 4.71. The first-order chi connectivity index (χ1) is 18.5. The molecule has 0 aliphatic carbocycles. The number of furan rings is 1. The van der Waals surface area contributed by atoms with Crippen LogP contribution in [0.15, 0.2) is 82.9 Å². The van der Waals surface area contributed by atoms with Gasteiger partial charge >= 0.3 is 18.0 Å². The van der Waals surface area contributed by atoms with Crippen LogP contribution in [-0.2, 0) is 11.3 Å². The van der Waals surface area contributed by atoms with Gasteiger partial charge in [0.2, 0.25) is 5.88 Å². The lowest BCUT2D eigenvalue weighted by Gasteiger charge is -2.19. The molecule has 2 aromatic carbocycles. The van der Waals surface area contributed by atoms with Gasteiger partial charge in [-0.15, -0.1) is 11.3 Å². The molecule has 0 radical (unpaired) electrons. The topological polar surface area (TPSA) is 132 Å². The number of carboxylic acid groups (broad SMARTS) is 1. The molecule has 10 nitrogen and oxygen atoms in total. The molecule has 0 saturated carbocycles. The van der Waals surface area contributed by atoms with Gasteiger partial charge in [-0.2, -0.15) is 0 Å². The van der Waals surface area contributed by atoms with Crippen LogP contribution in [0.5, 0.6) is 5.88 Å². The standard InChI is InChI=1S/C27H19N3O7S/c1-35-22-13-28-18(12-29-22)24-23(26(32)33)19(15-38-24)30(27(34)36-14-16-7-3-2-4-8-16)25(31)21-11-17-9-5-6-10-20(17)37-21/h2-13,15H,14H2,1H3,(H,32,33). The minimum atomic E-state index is -1.37.